The van der Waals surface area contributed by atoms with Crippen LogP contribution >= 0.6 is 0 Å². The monoisotopic (exact) mass is 394 g/mol. The highest BCUT2D eigenvalue weighted by Gasteiger charge is 2.35. The van der Waals surface area contributed by atoms with Gasteiger partial charge < -0.3 is 0 Å². The largest absolute Gasteiger partial charge is 0.0651 e. The molecule has 28 heavy (non-hydrogen) atoms. The van der Waals surface area contributed by atoms with Gasteiger partial charge in [0.15, 0.2) is 0 Å². The molecule has 170 valence electrons. The molecule has 0 N–H and O–H groups in total. The molecule has 0 saturated carbocycles. The summed E-state index contributed by atoms with van der Waals surface area (Å²) in [6.07, 6.45) is 5.44. The minimum absolute atomic E-state index is 0.779. The summed E-state index contributed by atoms with van der Waals surface area (Å²) in [5, 5.41) is 0. The highest BCUT2D eigenvalue weighted by atomic mass is 14.4. The smallest absolute Gasteiger partial charge is 0.0329 e. The normalized spacial score (nSPS) is 22.4. The quantitative estimate of drug-likeness (QED) is 0.275. The molecule has 0 bridgehead atoms. The van der Waals surface area contributed by atoms with Crippen molar-refractivity contribution >= 4 is 0 Å². The van der Waals surface area contributed by atoms with Crippen molar-refractivity contribution in [3.63, 3.8) is 0 Å². The van der Waals surface area contributed by atoms with Gasteiger partial charge in [0.2, 0.25) is 0 Å². The Hall–Kier alpha value is 0. The zero-order valence-corrected chi connectivity index (χ0v) is 22.2. The van der Waals surface area contributed by atoms with Gasteiger partial charge in [-0.3, -0.25) is 0 Å². The lowest BCUT2D eigenvalue weighted by Gasteiger charge is -2.42. The Morgan fingerprint density at radius 1 is 0.429 bits per heavy atom. The second-order valence-electron chi connectivity index (χ2n) is 11.5. The Morgan fingerprint density at radius 3 is 1.21 bits per heavy atom. The summed E-state index contributed by atoms with van der Waals surface area (Å²) in [6.45, 7) is 32.1. The minimum Gasteiger partial charge on any atom is -0.0651 e. The van der Waals surface area contributed by atoms with Crippen LogP contribution < -0.4 is 0 Å². The molecular formula is C28H58. The van der Waals surface area contributed by atoms with Crippen LogP contribution in [0.15, 0.2) is 0 Å². The molecule has 9 atom stereocenters. The molecular weight excluding hydrogens is 336 g/mol. The molecule has 0 heteroatoms. The maximum Gasteiger partial charge on any atom is -0.0329 e. The molecule has 0 aliphatic carbocycles. The molecule has 0 aromatic heterocycles. The maximum atomic E-state index is 2.57. The van der Waals surface area contributed by atoms with Crippen LogP contribution in [0.1, 0.15) is 116 Å². The van der Waals surface area contributed by atoms with Crippen molar-refractivity contribution in [1.29, 1.82) is 0 Å². The molecule has 0 aromatic carbocycles. The Balaban J connectivity index is 5.09. The van der Waals surface area contributed by atoms with E-state index < -0.39 is 0 Å². The molecule has 0 rings (SSSR count). The summed E-state index contributed by atoms with van der Waals surface area (Å²) in [7, 11) is 0. The number of hydrogen-bond acceptors (Lipinski definition) is 0. The average molecular weight is 395 g/mol. The van der Waals surface area contributed by atoms with Crippen molar-refractivity contribution in [1.82, 2.24) is 0 Å². The average Bonchev–Trinajstić information content (AvgIpc) is 2.64. The van der Waals surface area contributed by atoms with Gasteiger partial charge in [-0.25, -0.2) is 0 Å². The molecule has 0 amide bonds. The lowest BCUT2D eigenvalue weighted by molar-refractivity contribution is 0.0698. The molecule has 0 spiro atoms. The van der Waals surface area contributed by atoms with Gasteiger partial charge in [0, 0.05) is 0 Å². The highest BCUT2D eigenvalue weighted by Crippen LogP contribution is 2.42. The van der Waals surface area contributed by atoms with Gasteiger partial charge in [-0.05, 0) is 65.1 Å². The maximum absolute atomic E-state index is 2.57. The zero-order chi connectivity index (χ0) is 22.2. The molecule has 0 fully saturated rings. The fourth-order valence-electron chi connectivity index (χ4n) is 5.94. The zero-order valence-electron chi connectivity index (χ0n) is 22.2. The topological polar surface area (TPSA) is 0 Å². The van der Waals surface area contributed by atoms with E-state index in [2.05, 4.69) is 90.0 Å². The van der Waals surface area contributed by atoms with E-state index in [1.54, 1.807) is 0 Å². The molecule has 0 saturated heterocycles. The van der Waals surface area contributed by atoms with Gasteiger partial charge in [-0.15, -0.1) is 0 Å². The fourth-order valence-corrected chi connectivity index (χ4v) is 5.94. The highest BCUT2D eigenvalue weighted by molar-refractivity contribution is 4.84. The third kappa shape index (κ3) is 8.02. The first-order valence-electron chi connectivity index (χ1n) is 12.9. The van der Waals surface area contributed by atoms with Crippen LogP contribution in [0.25, 0.3) is 0 Å². The van der Waals surface area contributed by atoms with Crippen molar-refractivity contribution in [2.75, 3.05) is 0 Å². The van der Waals surface area contributed by atoms with Crippen LogP contribution in [0.5, 0.6) is 0 Å². The second-order valence-corrected chi connectivity index (χ2v) is 11.5. The first-order chi connectivity index (χ1) is 12.9. The van der Waals surface area contributed by atoms with E-state index >= 15 is 0 Å². The Morgan fingerprint density at radius 2 is 0.857 bits per heavy atom. The summed E-state index contributed by atoms with van der Waals surface area (Å²) in [5.74, 6) is 9.10. The molecule has 0 aliphatic rings. The molecule has 0 radical (unpaired) electrons. The number of rotatable bonds is 14. The minimum atomic E-state index is 0.779. The van der Waals surface area contributed by atoms with Gasteiger partial charge in [-0.1, -0.05) is 116 Å². The molecule has 0 nitrogen and oxygen atoms in total. The van der Waals surface area contributed by atoms with Gasteiger partial charge >= 0.3 is 0 Å². The van der Waals surface area contributed by atoms with E-state index in [9.17, 15) is 0 Å². The Bertz CT molecular complexity index is 381. The van der Waals surface area contributed by atoms with Crippen LogP contribution in [0, 0.1) is 65.1 Å². The van der Waals surface area contributed by atoms with Gasteiger partial charge in [0.1, 0.15) is 0 Å². The lowest BCUT2D eigenvalue weighted by Crippen LogP contribution is -2.35. The predicted molar refractivity (Wildman–Crippen MR) is 131 cm³/mol. The van der Waals surface area contributed by atoms with Crippen LogP contribution in [0.3, 0.4) is 0 Å². The van der Waals surface area contributed by atoms with E-state index in [-0.39, 0.29) is 0 Å². The summed E-state index contributed by atoms with van der Waals surface area (Å²) >= 11 is 0. The van der Waals surface area contributed by atoms with E-state index in [1.807, 2.05) is 0 Å². The SMILES string of the molecule is CCC(C)C(C)C(C(C)C(C)C)C(C)C(C)CCC(C)C(C)C(CC)C(C)C. The van der Waals surface area contributed by atoms with E-state index in [1.165, 1.54) is 25.7 Å². The summed E-state index contributed by atoms with van der Waals surface area (Å²) in [6, 6.07) is 0. The van der Waals surface area contributed by atoms with Crippen LogP contribution in [-0.2, 0) is 0 Å². The van der Waals surface area contributed by atoms with Gasteiger partial charge in [0.05, 0.1) is 0 Å². The third-order valence-corrected chi connectivity index (χ3v) is 9.29. The molecule has 9 unspecified atom stereocenters. The first-order valence-corrected chi connectivity index (χ1v) is 12.9. The van der Waals surface area contributed by atoms with E-state index in [0.717, 1.165) is 65.1 Å². The predicted octanol–water partition coefficient (Wildman–Crippen LogP) is 9.58. The van der Waals surface area contributed by atoms with Crippen molar-refractivity contribution in [3.05, 3.63) is 0 Å². The fraction of sp³-hybridized carbons (Fsp3) is 1.00. The summed E-state index contributed by atoms with van der Waals surface area (Å²) in [4.78, 5) is 0. The third-order valence-electron chi connectivity index (χ3n) is 9.29. The van der Waals surface area contributed by atoms with Crippen molar-refractivity contribution in [2.24, 2.45) is 65.1 Å². The number of hydrogen-bond donors (Lipinski definition) is 0. The van der Waals surface area contributed by atoms with Crippen LogP contribution in [0.4, 0.5) is 0 Å². The Kier molecular flexibility index (Phi) is 13.3. The van der Waals surface area contributed by atoms with Gasteiger partial charge in [0.25, 0.3) is 0 Å². The molecule has 0 heterocycles. The molecule has 0 aromatic rings. The Labute approximate surface area is 181 Å². The second kappa shape index (κ2) is 13.3. The first kappa shape index (κ1) is 28.0. The lowest BCUT2D eigenvalue weighted by atomic mass is 9.64. The van der Waals surface area contributed by atoms with E-state index in [0.29, 0.717) is 0 Å². The van der Waals surface area contributed by atoms with E-state index in [4.69, 9.17) is 0 Å². The summed E-state index contributed by atoms with van der Waals surface area (Å²) in [5.41, 5.74) is 0. The van der Waals surface area contributed by atoms with Crippen LogP contribution in [-0.4, -0.2) is 0 Å². The van der Waals surface area contributed by atoms with Crippen molar-refractivity contribution in [3.8, 4) is 0 Å². The standard InChI is InChI=1S/C28H58/c1-14-20(7)25(12)28(23(10)18(3)4)26(13)22(9)17-16-21(8)24(11)27(15-2)19(5)6/h18-28H,14-17H2,1-13H3. The van der Waals surface area contributed by atoms with Crippen molar-refractivity contribution in [2.45, 2.75) is 116 Å². The molecule has 0 aliphatic heterocycles. The van der Waals surface area contributed by atoms with Crippen molar-refractivity contribution < 1.29 is 0 Å². The van der Waals surface area contributed by atoms with Crippen LogP contribution in [0.2, 0.25) is 0 Å². The summed E-state index contributed by atoms with van der Waals surface area (Å²) < 4.78 is 0. The van der Waals surface area contributed by atoms with Gasteiger partial charge in [-0.2, -0.15) is 0 Å².